The van der Waals surface area contributed by atoms with Gasteiger partial charge in [0.05, 0.1) is 5.69 Å². The molecule has 5 aliphatic rings. The van der Waals surface area contributed by atoms with E-state index in [0.29, 0.717) is 5.92 Å². The van der Waals surface area contributed by atoms with Gasteiger partial charge in [-0.05, 0) is 225 Å². The minimum absolute atomic E-state index is 0.210. The van der Waals surface area contributed by atoms with Crippen LogP contribution in [0.25, 0.3) is 61.2 Å². The zero-order valence-electron chi connectivity index (χ0n) is 44.5. The van der Waals surface area contributed by atoms with Gasteiger partial charge in [0.1, 0.15) is 0 Å². The van der Waals surface area contributed by atoms with Crippen LogP contribution in [0.4, 0.5) is 28.4 Å². The minimum atomic E-state index is -0.229. The third-order valence-corrected chi connectivity index (χ3v) is 17.6. The highest BCUT2D eigenvalue weighted by molar-refractivity contribution is 5.92. The van der Waals surface area contributed by atoms with Crippen LogP contribution in [0.1, 0.15) is 98.7 Å². The summed E-state index contributed by atoms with van der Waals surface area (Å²) in [4.78, 5) is 4.98. The molecule has 0 spiro atoms. The van der Waals surface area contributed by atoms with Crippen LogP contribution in [0.15, 0.2) is 236 Å². The van der Waals surface area contributed by atoms with Gasteiger partial charge in [0.15, 0.2) is 0 Å². The minimum Gasteiger partial charge on any atom is -0.313 e. The van der Waals surface area contributed by atoms with Crippen molar-refractivity contribution in [3.05, 3.63) is 275 Å². The van der Waals surface area contributed by atoms with Crippen LogP contribution in [0.2, 0.25) is 0 Å². The summed E-state index contributed by atoms with van der Waals surface area (Å²) in [6.07, 6.45) is 14.7. The molecule has 76 heavy (non-hydrogen) atoms. The van der Waals surface area contributed by atoms with Crippen molar-refractivity contribution < 1.29 is 0 Å². The molecule has 4 aliphatic carbocycles. The normalized spacial score (nSPS) is 16.9. The zero-order chi connectivity index (χ0) is 51.5. The molecule has 1 unspecified atom stereocenters. The molecule has 0 saturated heterocycles. The Hall–Kier alpha value is -8.46. The number of fused-ring (bicyclic) bond motifs is 9. The number of hydrogen-bond acceptors (Lipinski definition) is 2. The lowest BCUT2D eigenvalue weighted by Gasteiger charge is -2.30. The molecular weight excluding hydrogens is 917 g/mol. The van der Waals surface area contributed by atoms with Crippen molar-refractivity contribution >= 4 is 34.0 Å². The Bertz CT molecular complexity index is 3970. The summed E-state index contributed by atoms with van der Waals surface area (Å²) in [6.45, 7) is 14.1. The van der Waals surface area contributed by atoms with Crippen molar-refractivity contribution in [1.29, 1.82) is 0 Å². The Morgan fingerprint density at radius 1 is 0.434 bits per heavy atom. The summed E-state index contributed by atoms with van der Waals surface area (Å²) >= 11 is 0. The molecule has 2 heteroatoms. The molecule has 0 saturated carbocycles. The predicted molar refractivity (Wildman–Crippen MR) is 321 cm³/mol. The number of benzene rings is 9. The summed E-state index contributed by atoms with van der Waals surface area (Å²) in [5.74, 6) is 0.345. The van der Waals surface area contributed by atoms with Crippen LogP contribution in [-0.2, 0) is 10.8 Å². The maximum absolute atomic E-state index is 2.53. The van der Waals surface area contributed by atoms with Gasteiger partial charge in [-0.3, -0.25) is 0 Å². The lowest BCUT2D eigenvalue weighted by atomic mass is 9.81. The van der Waals surface area contributed by atoms with E-state index < -0.39 is 0 Å². The molecular formula is C74H62N2. The van der Waals surface area contributed by atoms with Crippen molar-refractivity contribution in [2.75, 3.05) is 9.80 Å². The molecule has 2 nitrogen and oxygen atoms in total. The fourth-order valence-electron chi connectivity index (χ4n) is 13.3. The Labute approximate surface area is 449 Å². The fourth-order valence-corrected chi connectivity index (χ4v) is 13.3. The molecule has 1 heterocycles. The monoisotopic (exact) mass is 978 g/mol. The van der Waals surface area contributed by atoms with Gasteiger partial charge in [-0.25, -0.2) is 0 Å². The van der Waals surface area contributed by atoms with Crippen LogP contribution in [0.3, 0.4) is 0 Å². The molecule has 368 valence electrons. The van der Waals surface area contributed by atoms with Gasteiger partial charge in [0.25, 0.3) is 0 Å². The topological polar surface area (TPSA) is 6.48 Å². The average Bonchev–Trinajstić information content (AvgIpc) is 4.17. The molecule has 0 amide bonds. The fraction of sp³-hybridized carbons (Fsp3) is 0.162. The number of allylic oxidation sites excluding steroid dienone is 8. The molecule has 14 rings (SSSR count). The van der Waals surface area contributed by atoms with Gasteiger partial charge in [-0.1, -0.05) is 166 Å². The van der Waals surface area contributed by atoms with Crippen LogP contribution >= 0.6 is 0 Å². The summed E-state index contributed by atoms with van der Waals surface area (Å²) in [6, 6.07) is 73.8. The first-order valence-electron chi connectivity index (χ1n) is 27.4. The van der Waals surface area contributed by atoms with Gasteiger partial charge < -0.3 is 9.80 Å². The van der Waals surface area contributed by atoms with Crippen molar-refractivity contribution in [2.45, 2.75) is 77.6 Å². The molecule has 0 fully saturated rings. The summed E-state index contributed by atoms with van der Waals surface area (Å²) in [5.41, 5.74) is 32.1. The van der Waals surface area contributed by atoms with Gasteiger partial charge in [0.2, 0.25) is 0 Å². The van der Waals surface area contributed by atoms with Crippen molar-refractivity contribution in [1.82, 2.24) is 0 Å². The number of para-hydroxylation sites is 2. The van der Waals surface area contributed by atoms with E-state index in [9.17, 15) is 0 Å². The molecule has 9 aromatic carbocycles. The van der Waals surface area contributed by atoms with Gasteiger partial charge in [0, 0.05) is 45.2 Å². The highest BCUT2D eigenvalue weighted by Gasteiger charge is 2.42. The quantitative estimate of drug-likeness (QED) is 0.150. The lowest BCUT2D eigenvalue weighted by molar-refractivity contribution is 0.660. The number of aryl methyl sites for hydroxylation is 1. The van der Waals surface area contributed by atoms with Gasteiger partial charge in [-0.2, -0.15) is 0 Å². The molecule has 0 radical (unpaired) electrons. The molecule has 1 aliphatic heterocycles. The number of hydrogen-bond donors (Lipinski definition) is 0. The Balaban J connectivity index is 0.810. The largest absolute Gasteiger partial charge is 0.313 e. The van der Waals surface area contributed by atoms with Crippen molar-refractivity contribution in [3.8, 4) is 55.6 Å². The maximum atomic E-state index is 2.53. The van der Waals surface area contributed by atoms with E-state index >= 15 is 0 Å². The van der Waals surface area contributed by atoms with E-state index in [1.54, 1.807) is 0 Å². The second-order valence-electron chi connectivity index (χ2n) is 23.0. The summed E-state index contributed by atoms with van der Waals surface area (Å²) in [7, 11) is 0. The first-order valence-corrected chi connectivity index (χ1v) is 27.4. The van der Waals surface area contributed by atoms with Gasteiger partial charge >= 0.3 is 0 Å². The van der Waals surface area contributed by atoms with E-state index in [0.717, 1.165) is 30.6 Å². The third kappa shape index (κ3) is 7.44. The molecule has 0 bridgehead atoms. The van der Waals surface area contributed by atoms with Crippen molar-refractivity contribution in [2.24, 2.45) is 0 Å². The van der Waals surface area contributed by atoms with E-state index in [2.05, 4.69) is 276 Å². The summed E-state index contributed by atoms with van der Waals surface area (Å²) in [5, 5.41) is 0. The predicted octanol–water partition coefficient (Wildman–Crippen LogP) is 20.3. The first kappa shape index (κ1) is 46.1. The SMILES string of the molecule is CC1=CC=C(c2cc(-c3ccc(C)cc3)cc(-c3cccc(-c4ccc5c(c4)C(C)(C)c4cc(N(c6ccccc6)c6ccc7c(c6)C(C)(C)c6cc8c(cc6-7)C6CC=CC=C6N8c6ccccc6)ccc4-5)c3)c2)CC1. The molecule has 1 atom stereocenters. The Morgan fingerprint density at radius 2 is 1.00 bits per heavy atom. The van der Waals surface area contributed by atoms with Crippen LogP contribution in [-0.4, -0.2) is 0 Å². The standard InChI is InChI=1S/C74H62N2/c1-47-24-28-49(29-25-47)54-39-55(50-30-26-48(2)27-31-50)41-56(40-54)52-17-15-16-51(38-52)53-32-35-61-62-36-33-59(43-68(62)73(3,4)67(61)42-53)75(57-18-9-7-10-19-57)60-34-37-63-65-45-66-64-22-13-14-23-71(64)76(58-20-11-8-12-21-58)72(66)46-70(65)74(5,6)69(63)44-60/h7-21,23-26,28-30,32-46,64H,22,27,31H2,1-6H3. The Kier molecular flexibility index (Phi) is 10.7. The molecule has 9 aromatic rings. The van der Waals surface area contributed by atoms with E-state index in [-0.39, 0.29) is 10.8 Å². The van der Waals surface area contributed by atoms with Crippen LogP contribution < -0.4 is 9.80 Å². The summed E-state index contributed by atoms with van der Waals surface area (Å²) < 4.78 is 0. The van der Waals surface area contributed by atoms with Crippen LogP contribution in [0.5, 0.6) is 0 Å². The van der Waals surface area contributed by atoms with E-state index in [1.807, 2.05) is 0 Å². The second kappa shape index (κ2) is 17.6. The average molecular weight is 979 g/mol. The van der Waals surface area contributed by atoms with Gasteiger partial charge in [-0.15, -0.1) is 0 Å². The number of nitrogens with zero attached hydrogens (tertiary/aromatic N) is 2. The second-order valence-corrected chi connectivity index (χ2v) is 23.0. The number of rotatable bonds is 8. The zero-order valence-corrected chi connectivity index (χ0v) is 44.5. The Morgan fingerprint density at radius 3 is 1.68 bits per heavy atom. The van der Waals surface area contributed by atoms with Crippen molar-refractivity contribution in [3.63, 3.8) is 0 Å². The third-order valence-electron chi connectivity index (χ3n) is 17.6. The molecule has 0 N–H and O–H groups in total. The highest BCUT2D eigenvalue weighted by atomic mass is 15.2. The smallest absolute Gasteiger partial charge is 0.0501 e. The number of anilines is 5. The lowest BCUT2D eigenvalue weighted by Crippen LogP contribution is -2.18. The highest BCUT2D eigenvalue weighted by Crippen LogP contribution is 2.58. The maximum Gasteiger partial charge on any atom is 0.0501 e. The molecule has 0 aromatic heterocycles. The van der Waals surface area contributed by atoms with E-state index in [4.69, 9.17) is 0 Å². The first-order chi connectivity index (χ1) is 37.0. The van der Waals surface area contributed by atoms with E-state index in [1.165, 1.54) is 128 Å². The van der Waals surface area contributed by atoms with Crippen LogP contribution in [0, 0.1) is 6.92 Å².